The van der Waals surface area contributed by atoms with Crippen LogP contribution in [0.15, 0.2) is 23.1 Å². The maximum atomic E-state index is 12.7. The van der Waals surface area contributed by atoms with Crippen molar-refractivity contribution >= 4 is 38.7 Å². The Morgan fingerprint density at radius 3 is 3.08 bits per heavy atom. The van der Waals surface area contributed by atoms with Gasteiger partial charge in [-0.25, -0.2) is 13.1 Å². The van der Waals surface area contributed by atoms with Gasteiger partial charge in [-0.3, -0.25) is 4.79 Å². The molecule has 0 radical (unpaired) electrons. The van der Waals surface area contributed by atoms with Crippen molar-refractivity contribution in [1.82, 2.24) is 13.5 Å². The van der Waals surface area contributed by atoms with E-state index in [2.05, 4.69) is 13.5 Å². The lowest BCUT2D eigenvalue weighted by atomic mass is 10.1. The number of primary amides is 1. The molecule has 0 aliphatic carbocycles. The molecule has 130 valence electrons. The van der Waals surface area contributed by atoms with Crippen LogP contribution < -0.4 is 10.5 Å². The van der Waals surface area contributed by atoms with Crippen LogP contribution in [0.2, 0.25) is 0 Å². The third-order valence-corrected chi connectivity index (χ3v) is 5.64. The molecule has 9 nitrogen and oxygen atoms in total. The van der Waals surface area contributed by atoms with Gasteiger partial charge in [-0.15, -0.1) is 0 Å². The van der Waals surface area contributed by atoms with E-state index in [9.17, 15) is 13.2 Å². The molecular formula is C13H16N4O5S2. The average molecular weight is 372 g/mol. The van der Waals surface area contributed by atoms with Crippen molar-refractivity contribution in [2.75, 3.05) is 19.8 Å². The number of nitrogens with zero attached hydrogens (tertiary/aromatic N) is 2. The molecule has 0 saturated carbocycles. The summed E-state index contributed by atoms with van der Waals surface area (Å²) >= 11 is 0.948. The van der Waals surface area contributed by atoms with Crippen LogP contribution in [0.1, 0.15) is 6.42 Å². The van der Waals surface area contributed by atoms with E-state index < -0.39 is 28.1 Å². The molecule has 3 rings (SSSR count). The quantitative estimate of drug-likeness (QED) is 0.706. The summed E-state index contributed by atoms with van der Waals surface area (Å²) in [6.45, 7) is 0.301. The first-order valence-electron chi connectivity index (χ1n) is 7.18. The Morgan fingerprint density at radius 2 is 2.29 bits per heavy atom. The Kier molecular flexibility index (Phi) is 5.06. The molecule has 0 bridgehead atoms. The highest BCUT2D eigenvalue weighted by Gasteiger charge is 2.32. The minimum absolute atomic E-state index is 0.0491. The van der Waals surface area contributed by atoms with E-state index in [1.54, 1.807) is 12.1 Å². The van der Waals surface area contributed by atoms with Gasteiger partial charge in [0, 0.05) is 6.61 Å². The molecule has 0 spiro atoms. The number of rotatable bonds is 6. The molecule has 1 aliphatic heterocycles. The Balaban J connectivity index is 1.82. The molecule has 1 amide bonds. The zero-order valence-corrected chi connectivity index (χ0v) is 14.2. The molecule has 1 fully saturated rings. The molecule has 2 atom stereocenters. The van der Waals surface area contributed by atoms with Crippen LogP contribution in [-0.2, 0) is 24.3 Å². The molecule has 1 aliphatic rings. The normalized spacial score (nSPS) is 21.8. The lowest BCUT2D eigenvalue weighted by molar-refractivity contribution is -0.127. The van der Waals surface area contributed by atoms with Crippen molar-refractivity contribution in [1.29, 1.82) is 0 Å². The topological polar surface area (TPSA) is 134 Å². The number of fused-ring (bicyclic) bond motifs is 1. The Morgan fingerprint density at radius 1 is 1.46 bits per heavy atom. The number of carbonyl (C=O) groups excluding carboxylic acids is 1. The lowest BCUT2D eigenvalue weighted by Gasteiger charge is -2.31. The standard InChI is InChI=1S/C13H16N4O5S2/c14-12(18)7-22-10-4-5-21-6-9(10)17-24(19,20)11-3-1-2-8-13(11)16-23-15-8/h1-3,9-10,17H,4-7H2,(H2,14,18)/t9-,10+/m1/s1. The van der Waals surface area contributed by atoms with E-state index in [0.29, 0.717) is 24.1 Å². The number of ether oxygens (including phenoxy) is 2. The summed E-state index contributed by atoms with van der Waals surface area (Å²) in [6.07, 6.45) is -0.0306. The van der Waals surface area contributed by atoms with Crippen LogP contribution in [-0.4, -0.2) is 55.0 Å². The highest BCUT2D eigenvalue weighted by molar-refractivity contribution is 7.89. The molecule has 1 saturated heterocycles. The van der Waals surface area contributed by atoms with E-state index in [4.69, 9.17) is 15.2 Å². The number of aromatic nitrogens is 2. The number of benzene rings is 1. The molecular weight excluding hydrogens is 356 g/mol. The maximum Gasteiger partial charge on any atom is 0.243 e. The predicted molar refractivity (Wildman–Crippen MR) is 85.9 cm³/mol. The minimum Gasteiger partial charge on any atom is -0.380 e. The summed E-state index contributed by atoms with van der Waals surface area (Å²) in [4.78, 5) is 10.9. The van der Waals surface area contributed by atoms with Crippen molar-refractivity contribution in [3.05, 3.63) is 18.2 Å². The second-order valence-electron chi connectivity index (χ2n) is 5.30. The number of hydrogen-bond acceptors (Lipinski definition) is 8. The number of nitrogens with two attached hydrogens (primary N) is 1. The van der Waals surface area contributed by atoms with Crippen molar-refractivity contribution < 1.29 is 22.7 Å². The van der Waals surface area contributed by atoms with E-state index in [-0.39, 0.29) is 18.1 Å². The molecule has 0 unspecified atom stereocenters. The average Bonchev–Trinajstić information content (AvgIpc) is 3.02. The van der Waals surface area contributed by atoms with E-state index in [0.717, 1.165) is 11.7 Å². The lowest BCUT2D eigenvalue weighted by Crippen LogP contribution is -2.51. The molecule has 11 heteroatoms. The molecule has 1 aromatic carbocycles. The van der Waals surface area contributed by atoms with E-state index in [1.165, 1.54) is 6.07 Å². The highest BCUT2D eigenvalue weighted by atomic mass is 32.2. The SMILES string of the molecule is NC(=O)CO[C@H]1CCOC[C@H]1NS(=O)(=O)c1cccc2nsnc12. The largest absolute Gasteiger partial charge is 0.380 e. The molecule has 2 aromatic rings. The fourth-order valence-corrected chi connectivity index (χ4v) is 4.49. The molecule has 2 heterocycles. The summed E-state index contributed by atoms with van der Waals surface area (Å²) in [6, 6.07) is 4.15. The van der Waals surface area contributed by atoms with Crippen LogP contribution in [0.4, 0.5) is 0 Å². The first-order valence-corrected chi connectivity index (χ1v) is 9.40. The van der Waals surface area contributed by atoms with Gasteiger partial charge >= 0.3 is 0 Å². The number of sulfonamides is 1. The van der Waals surface area contributed by atoms with Crippen molar-refractivity contribution in [2.24, 2.45) is 5.73 Å². The summed E-state index contributed by atoms with van der Waals surface area (Å²) in [5.74, 6) is -0.610. The van der Waals surface area contributed by atoms with Gasteiger partial charge in [-0.2, -0.15) is 8.75 Å². The Labute approximate surface area is 142 Å². The summed E-state index contributed by atoms with van der Waals surface area (Å²) in [5, 5.41) is 0. The fourth-order valence-electron chi connectivity index (χ4n) is 2.48. The Bertz CT molecular complexity index is 838. The second-order valence-corrected chi connectivity index (χ2v) is 7.51. The second kappa shape index (κ2) is 7.07. The van der Waals surface area contributed by atoms with Gasteiger partial charge < -0.3 is 15.2 Å². The zero-order valence-electron chi connectivity index (χ0n) is 12.5. The highest BCUT2D eigenvalue weighted by Crippen LogP contribution is 2.22. The zero-order chi connectivity index (χ0) is 17.2. The summed E-state index contributed by atoms with van der Waals surface area (Å²) in [5.41, 5.74) is 5.91. The monoisotopic (exact) mass is 372 g/mol. The van der Waals surface area contributed by atoms with Gasteiger partial charge in [0.05, 0.1) is 30.5 Å². The van der Waals surface area contributed by atoms with Gasteiger partial charge in [0.2, 0.25) is 15.9 Å². The third-order valence-electron chi connectivity index (χ3n) is 3.58. The van der Waals surface area contributed by atoms with Gasteiger partial charge in [-0.05, 0) is 18.6 Å². The van der Waals surface area contributed by atoms with Crippen LogP contribution in [0.3, 0.4) is 0 Å². The number of carbonyl (C=O) groups is 1. The minimum atomic E-state index is -3.85. The van der Waals surface area contributed by atoms with Gasteiger partial charge in [-0.1, -0.05) is 6.07 Å². The van der Waals surface area contributed by atoms with Gasteiger partial charge in [0.1, 0.15) is 22.5 Å². The predicted octanol–water partition coefficient (Wildman–Crippen LogP) is -0.371. The fraction of sp³-hybridized carbons (Fsp3) is 0.462. The first kappa shape index (κ1) is 17.2. The van der Waals surface area contributed by atoms with Crippen LogP contribution in [0, 0.1) is 0 Å². The van der Waals surface area contributed by atoms with Crippen molar-refractivity contribution in [3.8, 4) is 0 Å². The number of nitrogens with one attached hydrogen (secondary N) is 1. The summed E-state index contributed by atoms with van der Waals surface area (Å²) < 4.78 is 46.8. The van der Waals surface area contributed by atoms with Crippen molar-refractivity contribution in [2.45, 2.75) is 23.5 Å². The molecule has 24 heavy (non-hydrogen) atoms. The maximum absolute atomic E-state index is 12.7. The van der Waals surface area contributed by atoms with Crippen LogP contribution >= 0.6 is 11.7 Å². The summed E-state index contributed by atoms with van der Waals surface area (Å²) in [7, 11) is -3.85. The smallest absolute Gasteiger partial charge is 0.243 e. The van der Waals surface area contributed by atoms with Gasteiger partial charge in [0.15, 0.2) is 0 Å². The van der Waals surface area contributed by atoms with Crippen molar-refractivity contribution in [3.63, 3.8) is 0 Å². The molecule has 3 N–H and O–H groups in total. The van der Waals surface area contributed by atoms with Crippen LogP contribution in [0.25, 0.3) is 11.0 Å². The Hall–Kier alpha value is -1.66. The first-order chi connectivity index (χ1) is 11.5. The third kappa shape index (κ3) is 3.70. The van der Waals surface area contributed by atoms with Crippen LogP contribution in [0.5, 0.6) is 0 Å². The van der Waals surface area contributed by atoms with Gasteiger partial charge in [0.25, 0.3) is 0 Å². The number of amides is 1. The molecule has 1 aromatic heterocycles. The van der Waals surface area contributed by atoms with E-state index in [1.807, 2.05) is 0 Å². The number of hydrogen-bond donors (Lipinski definition) is 2. The van der Waals surface area contributed by atoms with E-state index >= 15 is 0 Å².